The highest BCUT2D eigenvalue weighted by Crippen LogP contribution is 2.20. The first-order chi connectivity index (χ1) is 12.5. The van der Waals surface area contributed by atoms with Crippen LogP contribution in [0.15, 0.2) is 59.7 Å². The van der Waals surface area contributed by atoms with Crippen molar-refractivity contribution in [3.63, 3.8) is 0 Å². The van der Waals surface area contributed by atoms with E-state index in [0.717, 1.165) is 11.3 Å². The monoisotopic (exact) mass is 351 g/mol. The van der Waals surface area contributed by atoms with Crippen LogP contribution in [0.3, 0.4) is 0 Å². The zero-order chi connectivity index (χ0) is 18.7. The Morgan fingerprint density at radius 1 is 1.15 bits per heavy atom. The quantitative estimate of drug-likeness (QED) is 0.767. The number of ether oxygens (including phenoxy) is 1. The highest BCUT2D eigenvalue weighted by Gasteiger charge is 2.16. The molecule has 3 aromatic rings. The molecule has 3 rings (SSSR count). The molecule has 1 aromatic carbocycles. The van der Waals surface area contributed by atoms with Gasteiger partial charge in [0.05, 0.1) is 12.1 Å². The number of carbonyl (C=O) groups excluding carboxylic acids is 1. The third-order valence-electron chi connectivity index (χ3n) is 3.94. The Balaban J connectivity index is 1.82. The van der Waals surface area contributed by atoms with E-state index >= 15 is 0 Å². The van der Waals surface area contributed by atoms with Gasteiger partial charge in [0.2, 0.25) is 0 Å². The van der Waals surface area contributed by atoms with Gasteiger partial charge in [0.1, 0.15) is 17.0 Å². The van der Waals surface area contributed by atoms with Crippen LogP contribution in [0.25, 0.3) is 5.65 Å². The summed E-state index contributed by atoms with van der Waals surface area (Å²) in [6.45, 7) is 5.77. The number of nitrogens with zero attached hydrogens (tertiary/aromatic N) is 2. The number of amides is 1. The van der Waals surface area contributed by atoms with Gasteiger partial charge in [0.15, 0.2) is 0 Å². The van der Waals surface area contributed by atoms with Gasteiger partial charge in [-0.15, -0.1) is 0 Å². The maximum absolute atomic E-state index is 12.6. The number of fused-ring (bicyclic) bond motifs is 1. The molecule has 6 nitrogen and oxygen atoms in total. The number of rotatable bonds is 5. The first kappa shape index (κ1) is 17.7. The van der Waals surface area contributed by atoms with Crippen LogP contribution in [0.2, 0.25) is 0 Å². The van der Waals surface area contributed by atoms with Crippen molar-refractivity contribution in [3.8, 4) is 5.75 Å². The van der Waals surface area contributed by atoms with Crippen molar-refractivity contribution in [1.29, 1.82) is 0 Å². The molecule has 0 unspecified atom stereocenters. The van der Waals surface area contributed by atoms with Crippen molar-refractivity contribution in [2.75, 3.05) is 0 Å². The van der Waals surface area contributed by atoms with E-state index in [4.69, 9.17) is 4.74 Å². The molecule has 0 aliphatic heterocycles. The highest BCUT2D eigenvalue weighted by molar-refractivity contribution is 5.94. The van der Waals surface area contributed by atoms with Gasteiger partial charge in [-0.05, 0) is 50.6 Å². The summed E-state index contributed by atoms with van der Waals surface area (Å²) in [5.74, 6) is 0.287. The van der Waals surface area contributed by atoms with Crippen molar-refractivity contribution >= 4 is 11.6 Å². The summed E-state index contributed by atoms with van der Waals surface area (Å²) in [6.07, 6.45) is 2.98. The number of carbonyl (C=O) groups is 1. The first-order valence-electron chi connectivity index (χ1n) is 8.49. The van der Waals surface area contributed by atoms with Crippen molar-refractivity contribution in [2.24, 2.45) is 0 Å². The fourth-order valence-electron chi connectivity index (χ4n) is 2.67. The second-order valence-electron chi connectivity index (χ2n) is 6.34. The molecule has 6 heteroatoms. The fraction of sp³-hybridized carbons (Fsp3) is 0.250. The van der Waals surface area contributed by atoms with Crippen molar-refractivity contribution < 1.29 is 9.53 Å². The number of hydrogen-bond donors (Lipinski definition) is 1. The van der Waals surface area contributed by atoms with E-state index in [0.29, 0.717) is 5.65 Å². The predicted molar refractivity (Wildman–Crippen MR) is 99.5 cm³/mol. The third kappa shape index (κ3) is 3.74. The molecule has 0 bridgehead atoms. The molecular weight excluding hydrogens is 330 g/mol. The molecule has 134 valence electrons. The van der Waals surface area contributed by atoms with E-state index in [9.17, 15) is 9.59 Å². The average molecular weight is 351 g/mol. The highest BCUT2D eigenvalue weighted by atomic mass is 16.5. The van der Waals surface area contributed by atoms with E-state index < -0.39 is 11.5 Å². The topological polar surface area (TPSA) is 72.7 Å². The molecule has 0 aliphatic rings. The molecule has 0 saturated carbocycles. The molecule has 0 fully saturated rings. The molecule has 1 N–H and O–H groups in total. The van der Waals surface area contributed by atoms with E-state index in [-0.39, 0.29) is 17.7 Å². The van der Waals surface area contributed by atoms with Crippen molar-refractivity contribution in [2.45, 2.75) is 32.9 Å². The maximum Gasteiger partial charge on any atom is 0.270 e. The van der Waals surface area contributed by atoms with Crippen LogP contribution >= 0.6 is 0 Å². The minimum absolute atomic E-state index is 0.00938. The number of aromatic nitrogens is 2. The number of nitrogens with one attached hydrogen (secondary N) is 1. The van der Waals surface area contributed by atoms with Crippen LogP contribution < -0.4 is 15.6 Å². The normalized spacial score (nSPS) is 12.2. The molecule has 1 amide bonds. The lowest BCUT2D eigenvalue weighted by Gasteiger charge is -2.16. The van der Waals surface area contributed by atoms with Crippen LogP contribution in [-0.2, 0) is 0 Å². The van der Waals surface area contributed by atoms with Crippen LogP contribution in [0.1, 0.15) is 42.7 Å². The summed E-state index contributed by atoms with van der Waals surface area (Å²) < 4.78 is 7.04. The average Bonchev–Trinajstić information content (AvgIpc) is 2.61. The van der Waals surface area contributed by atoms with Gasteiger partial charge >= 0.3 is 0 Å². The molecule has 1 atom stereocenters. The third-order valence-corrected chi connectivity index (χ3v) is 3.94. The Kier molecular flexibility index (Phi) is 5.02. The Morgan fingerprint density at radius 2 is 1.96 bits per heavy atom. The van der Waals surface area contributed by atoms with Crippen LogP contribution in [0.5, 0.6) is 5.75 Å². The van der Waals surface area contributed by atoms with Crippen LogP contribution in [-0.4, -0.2) is 21.4 Å². The molecule has 0 radical (unpaired) electrons. The lowest BCUT2D eigenvalue weighted by molar-refractivity contribution is 0.0937. The van der Waals surface area contributed by atoms with Crippen LogP contribution in [0, 0.1) is 0 Å². The smallest absolute Gasteiger partial charge is 0.270 e. The van der Waals surface area contributed by atoms with Gasteiger partial charge in [0.25, 0.3) is 11.5 Å². The largest absolute Gasteiger partial charge is 0.491 e. The summed E-state index contributed by atoms with van der Waals surface area (Å²) in [4.78, 5) is 29.2. The summed E-state index contributed by atoms with van der Waals surface area (Å²) in [5, 5.41) is 2.85. The van der Waals surface area contributed by atoms with E-state index in [2.05, 4.69) is 10.3 Å². The fourth-order valence-corrected chi connectivity index (χ4v) is 2.67. The number of hydrogen-bond acceptors (Lipinski definition) is 4. The minimum Gasteiger partial charge on any atom is -0.491 e. The Labute approximate surface area is 151 Å². The Hall–Kier alpha value is -3.15. The summed E-state index contributed by atoms with van der Waals surface area (Å²) >= 11 is 0. The number of benzene rings is 1. The molecule has 0 saturated heterocycles. The molecule has 2 aromatic heterocycles. The molecule has 26 heavy (non-hydrogen) atoms. The van der Waals surface area contributed by atoms with Crippen molar-refractivity contribution in [3.05, 3.63) is 76.3 Å². The van der Waals surface area contributed by atoms with Crippen molar-refractivity contribution in [1.82, 2.24) is 14.7 Å². The zero-order valence-corrected chi connectivity index (χ0v) is 15.0. The Bertz CT molecular complexity index is 995. The van der Waals surface area contributed by atoms with Gasteiger partial charge in [-0.1, -0.05) is 18.2 Å². The van der Waals surface area contributed by atoms with Gasteiger partial charge in [-0.3, -0.25) is 14.0 Å². The second-order valence-corrected chi connectivity index (χ2v) is 6.34. The molecule has 0 spiro atoms. The van der Waals surface area contributed by atoms with Gasteiger partial charge < -0.3 is 10.1 Å². The SMILES string of the molecule is CC(C)Oc1cccc([C@H](C)NC(=O)c2cnc3ccccn3c2=O)c1. The molecule has 0 aliphatic carbocycles. The van der Waals surface area contributed by atoms with Gasteiger partial charge in [-0.25, -0.2) is 4.98 Å². The second kappa shape index (κ2) is 7.39. The van der Waals surface area contributed by atoms with Crippen LogP contribution in [0.4, 0.5) is 0 Å². The lowest BCUT2D eigenvalue weighted by Crippen LogP contribution is -2.33. The van der Waals surface area contributed by atoms with E-state index in [1.807, 2.05) is 45.0 Å². The maximum atomic E-state index is 12.6. The predicted octanol–water partition coefficient (Wildman–Crippen LogP) is 2.97. The summed E-state index contributed by atoms with van der Waals surface area (Å²) in [5.41, 5.74) is 1.01. The van der Waals surface area contributed by atoms with E-state index in [1.54, 1.807) is 24.4 Å². The summed E-state index contributed by atoms with van der Waals surface area (Å²) in [7, 11) is 0. The summed E-state index contributed by atoms with van der Waals surface area (Å²) in [6, 6.07) is 12.5. The minimum atomic E-state index is -0.455. The van der Waals surface area contributed by atoms with E-state index in [1.165, 1.54) is 10.6 Å². The standard InChI is InChI=1S/C20H21N3O3/c1-13(2)26-16-8-6-7-15(11-16)14(3)22-19(24)17-12-21-18-9-4-5-10-23(18)20(17)25/h4-14H,1-3H3,(H,22,24)/t14-/m0/s1. The van der Waals surface area contributed by atoms with Gasteiger partial charge in [-0.2, -0.15) is 0 Å². The van der Waals surface area contributed by atoms with Gasteiger partial charge in [0, 0.05) is 12.4 Å². The molecule has 2 heterocycles. The first-order valence-corrected chi connectivity index (χ1v) is 8.49. The number of pyridine rings is 1. The lowest BCUT2D eigenvalue weighted by atomic mass is 10.1. The zero-order valence-electron chi connectivity index (χ0n) is 15.0. The molecular formula is C20H21N3O3. The Morgan fingerprint density at radius 3 is 2.73 bits per heavy atom.